The number of carbonyl (C=O) groups excluding carboxylic acids is 2. The van der Waals surface area contributed by atoms with Crippen molar-refractivity contribution in [2.45, 2.75) is 20.0 Å². The van der Waals surface area contributed by atoms with Crippen LogP contribution >= 0.6 is 0 Å². The maximum atomic E-state index is 11.3. The van der Waals surface area contributed by atoms with Crippen LogP contribution in [0.2, 0.25) is 0 Å². The summed E-state index contributed by atoms with van der Waals surface area (Å²) in [6, 6.07) is 0. The first-order valence-corrected chi connectivity index (χ1v) is 3.73. The Balaban J connectivity index is 2.74. The van der Waals surface area contributed by atoms with Crippen molar-refractivity contribution in [3.63, 3.8) is 0 Å². The molecule has 0 saturated carbocycles. The van der Waals surface area contributed by atoms with E-state index in [4.69, 9.17) is 4.74 Å². The summed E-state index contributed by atoms with van der Waals surface area (Å²) in [5, 5.41) is 0. The molecule has 72 valence electrons. The minimum absolute atomic E-state index is 0.0700. The highest BCUT2D eigenvalue weighted by molar-refractivity contribution is 6.00. The largest absolute Gasteiger partial charge is 0.513 e. The molecule has 1 heterocycles. The third kappa shape index (κ3) is 1.80. The van der Waals surface area contributed by atoms with Crippen LogP contribution in [0.1, 0.15) is 13.8 Å². The standard InChI is InChI=1S/C8H10O5/c1-4-6(9)7(5(2)12-4)13-8(10)11-3/h4H,1-3H3. The van der Waals surface area contributed by atoms with E-state index in [1.165, 1.54) is 7.11 Å². The van der Waals surface area contributed by atoms with Gasteiger partial charge in [0.1, 0.15) is 5.76 Å². The van der Waals surface area contributed by atoms with E-state index < -0.39 is 12.3 Å². The van der Waals surface area contributed by atoms with E-state index in [2.05, 4.69) is 9.47 Å². The zero-order chi connectivity index (χ0) is 10.0. The molecule has 0 radical (unpaired) electrons. The minimum atomic E-state index is -0.916. The fourth-order valence-corrected chi connectivity index (χ4v) is 0.977. The number of Topliss-reactive ketones (excluding diaryl/α,β-unsaturated/α-hetero) is 1. The molecule has 0 aromatic carbocycles. The molecule has 0 fully saturated rings. The number of ether oxygens (including phenoxy) is 3. The Bertz CT molecular complexity index is 278. The number of hydrogen-bond acceptors (Lipinski definition) is 5. The highest BCUT2D eigenvalue weighted by atomic mass is 16.7. The van der Waals surface area contributed by atoms with Crippen molar-refractivity contribution < 1.29 is 23.8 Å². The number of hydrogen-bond donors (Lipinski definition) is 0. The first-order valence-electron chi connectivity index (χ1n) is 3.73. The molecule has 1 aliphatic rings. The van der Waals surface area contributed by atoms with Crippen LogP contribution in [-0.4, -0.2) is 25.2 Å². The molecule has 0 aromatic heterocycles. The van der Waals surface area contributed by atoms with Gasteiger partial charge in [-0.2, -0.15) is 0 Å². The molecule has 0 N–H and O–H groups in total. The van der Waals surface area contributed by atoms with Crippen molar-refractivity contribution in [1.82, 2.24) is 0 Å². The molecular weight excluding hydrogens is 176 g/mol. The molecule has 0 aliphatic carbocycles. The van der Waals surface area contributed by atoms with Gasteiger partial charge in [0.2, 0.25) is 11.5 Å². The van der Waals surface area contributed by atoms with Gasteiger partial charge in [0, 0.05) is 0 Å². The first kappa shape index (κ1) is 9.57. The SMILES string of the molecule is COC(=O)OC1=C(C)OC(C)C1=O. The zero-order valence-corrected chi connectivity index (χ0v) is 7.62. The Kier molecular flexibility index (Phi) is 2.55. The molecule has 0 bridgehead atoms. The van der Waals surface area contributed by atoms with Gasteiger partial charge in [0.25, 0.3) is 0 Å². The topological polar surface area (TPSA) is 61.8 Å². The zero-order valence-electron chi connectivity index (χ0n) is 7.62. The summed E-state index contributed by atoms with van der Waals surface area (Å²) in [6.07, 6.45) is -1.50. The molecule has 0 spiro atoms. The number of ketones is 1. The average Bonchev–Trinajstić information content (AvgIpc) is 2.32. The van der Waals surface area contributed by atoms with Gasteiger partial charge in [-0.05, 0) is 13.8 Å². The molecule has 0 amide bonds. The Labute approximate surface area is 75.3 Å². The maximum absolute atomic E-state index is 11.3. The van der Waals surface area contributed by atoms with Crippen LogP contribution in [0.15, 0.2) is 11.5 Å². The summed E-state index contributed by atoms with van der Waals surface area (Å²) >= 11 is 0. The summed E-state index contributed by atoms with van der Waals surface area (Å²) in [6.45, 7) is 3.14. The van der Waals surface area contributed by atoms with Crippen molar-refractivity contribution >= 4 is 11.9 Å². The highest BCUT2D eigenvalue weighted by Crippen LogP contribution is 2.22. The maximum Gasteiger partial charge on any atom is 0.513 e. The summed E-state index contributed by atoms with van der Waals surface area (Å²) in [5.41, 5.74) is 0. The lowest BCUT2D eigenvalue weighted by Crippen LogP contribution is -2.16. The molecule has 5 nitrogen and oxygen atoms in total. The van der Waals surface area contributed by atoms with E-state index in [0.29, 0.717) is 5.76 Å². The lowest BCUT2D eigenvalue weighted by atomic mass is 10.2. The normalized spacial score (nSPS) is 21.5. The minimum Gasteiger partial charge on any atom is -0.483 e. The second kappa shape index (κ2) is 3.47. The van der Waals surface area contributed by atoms with Crippen molar-refractivity contribution in [3.8, 4) is 0 Å². The number of methoxy groups -OCH3 is 1. The quantitative estimate of drug-likeness (QED) is 0.571. The van der Waals surface area contributed by atoms with E-state index in [-0.39, 0.29) is 11.5 Å². The molecule has 0 aromatic rings. The van der Waals surface area contributed by atoms with Crippen LogP contribution in [0.3, 0.4) is 0 Å². The lowest BCUT2D eigenvalue weighted by molar-refractivity contribution is -0.122. The van der Waals surface area contributed by atoms with Gasteiger partial charge in [-0.15, -0.1) is 0 Å². The lowest BCUT2D eigenvalue weighted by Gasteiger charge is -2.00. The second-order valence-corrected chi connectivity index (χ2v) is 2.57. The number of rotatable bonds is 1. The molecule has 1 unspecified atom stereocenters. The third-order valence-electron chi connectivity index (χ3n) is 1.62. The van der Waals surface area contributed by atoms with Crippen molar-refractivity contribution in [2.75, 3.05) is 7.11 Å². The van der Waals surface area contributed by atoms with Crippen LogP contribution in [-0.2, 0) is 19.0 Å². The van der Waals surface area contributed by atoms with Crippen LogP contribution < -0.4 is 0 Å². The first-order chi connectivity index (χ1) is 6.06. The fraction of sp³-hybridized carbons (Fsp3) is 0.500. The van der Waals surface area contributed by atoms with Gasteiger partial charge in [-0.25, -0.2) is 4.79 Å². The van der Waals surface area contributed by atoms with Crippen molar-refractivity contribution in [1.29, 1.82) is 0 Å². The van der Waals surface area contributed by atoms with Gasteiger partial charge in [0.05, 0.1) is 7.11 Å². The number of carbonyl (C=O) groups is 2. The van der Waals surface area contributed by atoms with Gasteiger partial charge in [0.15, 0.2) is 6.10 Å². The van der Waals surface area contributed by atoms with E-state index in [0.717, 1.165) is 0 Å². The van der Waals surface area contributed by atoms with E-state index in [1.54, 1.807) is 13.8 Å². The Morgan fingerprint density at radius 1 is 1.54 bits per heavy atom. The van der Waals surface area contributed by atoms with Crippen LogP contribution in [0, 0.1) is 0 Å². The smallest absolute Gasteiger partial charge is 0.483 e. The summed E-state index contributed by atoms with van der Waals surface area (Å²) in [7, 11) is 1.17. The summed E-state index contributed by atoms with van der Waals surface area (Å²) in [4.78, 5) is 21.9. The van der Waals surface area contributed by atoms with Crippen molar-refractivity contribution in [3.05, 3.63) is 11.5 Å². The number of allylic oxidation sites excluding steroid dienone is 1. The predicted octanol–water partition coefficient (Wildman–Crippen LogP) is 0.989. The van der Waals surface area contributed by atoms with Gasteiger partial charge in [-0.1, -0.05) is 0 Å². The van der Waals surface area contributed by atoms with Crippen LogP contribution in [0.4, 0.5) is 4.79 Å². The monoisotopic (exact) mass is 186 g/mol. The second-order valence-electron chi connectivity index (χ2n) is 2.57. The van der Waals surface area contributed by atoms with Gasteiger partial charge >= 0.3 is 6.16 Å². The third-order valence-corrected chi connectivity index (χ3v) is 1.62. The molecule has 1 aliphatic heterocycles. The Hall–Kier alpha value is -1.52. The van der Waals surface area contributed by atoms with Crippen LogP contribution in [0.5, 0.6) is 0 Å². The van der Waals surface area contributed by atoms with Gasteiger partial charge < -0.3 is 14.2 Å². The summed E-state index contributed by atoms with van der Waals surface area (Å²) < 4.78 is 13.9. The van der Waals surface area contributed by atoms with E-state index >= 15 is 0 Å². The highest BCUT2D eigenvalue weighted by Gasteiger charge is 2.33. The predicted molar refractivity (Wildman–Crippen MR) is 41.7 cm³/mol. The molecule has 1 atom stereocenters. The fourth-order valence-electron chi connectivity index (χ4n) is 0.977. The van der Waals surface area contributed by atoms with E-state index in [1.807, 2.05) is 0 Å². The molecule has 1 rings (SSSR count). The van der Waals surface area contributed by atoms with Crippen molar-refractivity contribution in [2.24, 2.45) is 0 Å². The molecule has 13 heavy (non-hydrogen) atoms. The Morgan fingerprint density at radius 3 is 2.54 bits per heavy atom. The average molecular weight is 186 g/mol. The van der Waals surface area contributed by atoms with E-state index in [9.17, 15) is 9.59 Å². The molecule has 5 heteroatoms. The Morgan fingerprint density at radius 2 is 2.15 bits per heavy atom. The summed E-state index contributed by atoms with van der Waals surface area (Å²) in [5.74, 6) is -0.106. The van der Waals surface area contributed by atoms with Crippen LogP contribution in [0.25, 0.3) is 0 Å². The molecule has 0 saturated heterocycles. The molecular formula is C8H10O5. The van der Waals surface area contributed by atoms with Gasteiger partial charge in [-0.3, -0.25) is 4.79 Å².